The van der Waals surface area contributed by atoms with Gasteiger partial charge in [-0.15, -0.1) is 0 Å². The summed E-state index contributed by atoms with van der Waals surface area (Å²) < 4.78 is 0. The van der Waals surface area contributed by atoms with Crippen LogP contribution in [-0.4, -0.2) is 0 Å². The van der Waals surface area contributed by atoms with E-state index >= 15 is 0 Å². The van der Waals surface area contributed by atoms with Gasteiger partial charge in [0.2, 0.25) is 0 Å². The van der Waals surface area contributed by atoms with Crippen LogP contribution in [0.1, 0.15) is 0 Å². The summed E-state index contributed by atoms with van der Waals surface area (Å²) in [6.07, 6.45) is 0. The third-order valence-corrected chi connectivity index (χ3v) is 5.10. The second-order valence-electron chi connectivity index (χ2n) is 0.138. The fraction of sp³-hybridized carbons (Fsp3) is 0. The molecule has 0 heterocycles. The third-order valence-electron chi connectivity index (χ3n) is 0.0282. The minimum absolute atomic E-state index is 1.45. The Labute approximate surface area is 50.3 Å². The Balaban J connectivity index is 1.97. The van der Waals surface area contributed by atoms with Gasteiger partial charge in [0.1, 0.15) is 0 Å². The lowest BCUT2D eigenvalue weighted by molar-refractivity contribution is 6.14. The Morgan fingerprint density at radius 3 is 2.00 bits per heavy atom. The summed E-state index contributed by atoms with van der Waals surface area (Å²) in [7, 11) is 3.06. The first kappa shape index (κ1) is 5.78. The van der Waals surface area contributed by atoms with Crippen LogP contribution in [0.4, 0.5) is 0 Å². The average molecular weight is 224 g/mol. The molecule has 0 aromatic rings. The van der Waals surface area contributed by atoms with Gasteiger partial charge in [-0.05, 0) is 17.8 Å². The number of halogens is 1. The molecule has 0 unspecified atom stereocenters. The molecule has 0 radical (unpaired) electrons. The van der Waals surface area contributed by atoms with Gasteiger partial charge in [-0.3, -0.25) is 0 Å². The summed E-state index contributed by atoms with van der Waals surface area (Å²) in [5, 5.41) is 0. The van der Waals surface area contributed by atoms with Crippen molar-refractivity contribution in [2.24, 2.45) is 0 Å². The zero-order valence-corrected chi connectivity index (χ0v) is 6.33. The van der Waals surface area contributed by atoms with E-state index in [0.717, 1.165) is 0 Å². The first-order valence-corrected chi connectivity index (χ1v) is 6.25. The van der Waals surface area contributed by atoms with Crippen LogP contribution < -0.4 is 0 Å². The summed E-state index contributed by atoms with van der Waals surface area (Å²) >= 11 is 5.95. The van der Waals surface area contributed by atoms with E-state index in [1.165, 1.54) is 9.83 Å². The Hall–Kier alpha value is 1.78. The van der Waals surface area contributed by atoms with Crippen molar-refractivity contribution in [2.45, 2.75) is 0 Å². The molecule has 0 atom stereocenters. The smallest absolute Gasteiger partial charge is 0.00943 e. The van der Waals surface area contributed by atoms with E-state index in [2.05, 4.69) is 32.9 Å². The van der Waals surface area contributed by atoms with E-state index in [4.69, 9.17) is 0 Å². The standard InChI is InChI=1S/HIS3/c1-3-4-2/h2H. The highest BCUT2D eigenvalue weighted by Crippen LogP contribution is 2.31. The van der Waals surface area contributed by atoms with E-state index in [1.807, 2.05) is 0 Å². The number of hydrogen-bond donors (Lipinski definition) is 1. The molecule has 0 aromatic carbocycles. The zero-order valence-electron chi connectivity index (χ0n) is 1.64. The van der Waals surface area contributed by atoms with Crippen molar-refractivity contribution in [3.8, 4) is 0 Å². The van der Waals surface area contributed by atoms with Crippen LogP contribution in [0.2, 0.25) is 0 Å². The molecule has 4 heavy (non-hydrogen) atoms. The van der Waals surface area contributed by atoms with Gasteiger partial charge in [-0.2, -0.15) is 0 Å². The monoisotopic (exact) mass is 224 g/mol. The van der Waals surface area contributed by atoms with Crippen LogP contribution in [0, 0.1) is 0 Å². The fourth-order valence-electron chi connectivity index (χ4n) is 0. The number of hydrogen-bond acceptors (Lipinski definition) is 3. The van der Waals surface area contributed by atoms with Crippen LogP contribution in [-0.2, 0) is 0 Å². The van der Waals surface area contributed by atoms with Gasteiger partial charge in [-0.1, -0.05) is 11.7 Å². The van der Waals surface area contributed by atoms with Crippen LogP contribution in [0.5, 0.6) is 0 Å². The molecular weight excluding hydrogens is 223 g/mol. The molecule has 0 fully saturated rings. The minimum atomic E-state index is 1.45. The van der Waals surface area contributed by atoms with Gasteiger partial charge >= 0.3 is 0 Å². The van der Waals surface area contributed by atoms with Crippen molar-refractivity contribution in [1.82, 2.24) is 0 Å². The van der Waals surface area contributed by atoms with Gasteiger partial charge in [0, 0.05) is 21.2 Å². The Kier molecular flexibility index (Phi) is 6.91. The zero-order chi connectivity index (χ0) is 3.41. The van der Waals surface area contributed by atoms with Crippen molar-refractivity contribution < 1.29 is 0 Å². The van der Waals surface area contributed by atoms with Crippen LogP contribution >= 0.6 is 50.7 Å². The van der Waals surface area contributed by atoms with Crippen molar-refractivity contribution >= 4 is 50.7 Å². The average Bonchev–Trinajstić information content (AvgIpc) is 1.37. The number of rotatable bonds is 1. The van der Waals surface area contributed by atoms with Gasteiger partial charge in [0.25, 0.3) is 0 Å². The molecule has 0 saturated carbocycles. The molecule has 0 aliphatic heterocycles. The normalized spacial score (nSPS) is 7.50. The fourth-order valence-corrected chi connectivity index (χ4v) is 0. The van der Waals surface area contributed by atoms with Gasteiger partial charge < -0.3 is 0 Å². The van der Waals surface area contributed by atoms with Crippen LogP contribution in [0.15, 0.2) is 0 Å². The lowest BCUT2D eigenvalue weighted by Gasteiger charge is -1.64. The van der Waals surface area contributed by atoms with Gasteiger partial charge in [0.15, 0.2) is 0 Å². The minimum Gasteiger partial charge on any atom is -0.0989 e. The molecule has 26 valence electrons. The maximum atomic E-state index is 3.79. The maximum absolute atomic E-state index is 3.79. The van der Waals surface area contributed by atoms with E-state index in [1.54, 1.807) is 7.97 Å². The largest absolute Gasteiger partial charge is 0.0989 e. The highest BCUT2D eigenvalue weighted by molar-refractivity contribution is 14.2. The van der Waals surface area contributed by atoms with E-state index in [0.29, 0.717) is 0 Å². The SMILES string of the molecule is SSSI. The molecule has 0 amide bonds. The quantitative estimate of drug-likeness (QED) is 0.413. The maximum Gasteiger partial charge on any atom is 0.00943 e. The Morgan fingerprint density at radius 1 is 1.75 bits per heavy atom. The predicted octanol–water partition coefficient (Wildman–Crippen LogP) is 2.56. The molecule has 0 rings (SSSR count). The van der Waals surface area contributed by atoms with Gasteiger partial charge in [0.05, 0.1) is 0 Å². The van der Waals surface area contributed by atoms with Crippen molar-refractivity contribution in [3.05, 3.63) is 0 Å². The summed E-state index contributed by atoms with van der Waals surface area (Å²) in [6.45, 7) is 0. The molecule has 0 nitrogen and oxygen atoms in total. The highest BCUT2D eigenvalue weighted by atomic mass is 127. The molecule has 0 saturated heterocycles. The number of thiol groups is 1. The van der Waals surface area contributed by atoms with Crippen molar-refractivity contribution in [1.29, 1.82) is 0 Å². The molecule has 0 aliphatic carbocycles. The molecule has 0 bridgehead atoms. The summed E-state index contributed by atoms with van der Waals surface area (Å²) in [5.74, 6) is 0. The second-order valence-corrected chi connectivity index (χ2v) is 5.82. The highest BCUT2D eigenvalue weighted by Gasteiger charge is 1.60. The Bertz CT molecular complexity index is 5.25. The van der Waals surface area contributed by atoms with Crippen molar-refractivity contribution in [3.63, 3.8) is 0 Å². The topological polar surface area (TPSA) is 0 Å². The lowest BCUT2D eigenvalue weighted by Crippen LogP contribution is -0.940. The molecular formula is HIS3. The molecule has 0 aromatic heterocycles. The summed E-state index contributed by atoms with van der Waals surface area (Å²) in [5.41, 5.74) is 0. The first-order valence-electron chi connectivity index (χ1n) is 0.504. The van der Waals surface area contributed by atoms with Crippen LogP contribution in [0.25, 0.3) is 0 Å². The molecule has 0 spiro atoms. The molecule has 4 heteroatoms. The molecule has 0 aliphatic rings. The predicted molar refractivity (Wildman–Crippen MR) is 38.2 cm³/mol. The summed E-state index contributed by atoms with van der Waals surface area (Å²) in [6, 6.07) is 0. The molecule has 0 N–H and O–H groups in total. The third kappa shape index (κ3) is 3.78. The van der Waals surface area contributed by atoms with Crippen molar-refractivity contribution in [2.75, 3.05) is 0 Å². The van der Waals surface area contributed by atoms with Gasteiger partial charge in [-0.25, -0.2) is 0 Å². The summed E-state index contributed by atoms with van der Waals surface area (Å²) in [4.78, 5) is 0. The first-order chi connectivity index (χ1) is 1.91. The van der Waals surface area contributed by atoms with Crippen LogP contribution in [0.3, 0.4) is 0 Å². The Morgan fingerprint density at radius 2 is 2.00 bits per heavy atom. The van der Waals surface area contributed by atoms with E-state index in [-0.39, 0.29) is 0 Å². The lowest BCUT2D eigenvalue weighted by atomic mass is 30.7. The van der Waals surface area contributed by atoms with E-state index < -0.39 is 0 Å². The van der Waals surface area contributed by atoms with E-state index in [9.17, 15) is 0 Å². The second kappa shape index (κ2) is 4.78.